The Hall–Kier alpha value is -1.99. The van der Waals surface area contributed by atoms with Crippen LogP contribution in [0.1, 0.15) is 53.4 Å². The van der Waals surface area contributed by atoms with Crippen LogP contribution in [-0.2, 0) is 14.3 Å². The standard InChI is InChI=1S/C20H35N3O5/c1-14(12-17(24)21-16-8-11-23(13-16)18(25)27-5)15-6-9-22(10-7-15)19(26)28-20(2,3)4/h14-16H,6-13H2,1-5H3,(H,21,24). The number of nitrogens with zero attached hydrogens (tertiary/aromatic N) is 2. The molecule has 1 N–H and O–H groups in total. The second-order valence-corrected chi connectivity index (χ2v) is 8.96. The number of nitrogens with one attached hydrogen (secondary N) is 1. The highest BCUT2D eigenvalue weighted by atomic mass is 16.6. The highest BCUT2D eigenvalue weighted by molar-refractivity contribution is 5.77. The molecule has 2 rings (SSSR count). The third-order valence-corrected chi connectivity index (χ3v) is 5.49. The first-order valence-electron chi connectivity index (χ1n) is 10.2. The summed E-state index contributed by atoms with van der Waals surface area (Å²) in [7, 11) is 1.37. The number of methoxy groups -OCH3 is 1. The normalized spacial score (nSPS) is 22.0. The maximum Gasteiger partial charge on any atom is 0.410 e. The zero-order valence-electron chi connectivity index (χ0n) is 17.8. The molecule has 2 aliphatic rings. The molecule has 0 bridgehead atoms. The molecule has 3 amide bonds. The summed E-state index contributed by atoms with van der Waals surface area (Å²) >= 11 is 0. The number of amides is 3. The van der Waals surface area contributed by atoms with Crippen LogP contribution in [0.3, 0.4) is 0 Å². The van der Waals surface area contributed by atoms with Crippen molar-refractivity contribution in [3.05, 3.63) is 0 Å². The zero-order valence-corrected chi connectivity index (χ0v) is 17.8. The van der Waals surface area contributed by atoms with Crippen LogP contribution in [0.2, 0.25) is 0 Å². The molecule has 2 aliphatic heterocycles. The molecule has 2 unspecified atom stereocenters. The SMILES string of the molecule is COC(=O)N1CCC(NC(=O)CC(C)C2CCN(C(=O)OC(C)(C)C)CC2)C1. The number of likely N-dealkylation sites (tertiary alicyclic amines) is 2. The van der Waals surface area contributed by atoms with E-state index in [-0.39, 0.29) is 30.1 Å². The minimum atomic E-state index is -0.483. The number of rotatable bonds is 4. The molecule has 0 aromatic heterocycles. The van der Waals surface area contributed by atoms with Crippen molar-refractivity contribution in [2.75, 3.05) is 33.3 Å². The van der Waals surface area contributed by atoms with E-state index in [0.717, 1.165) is 19.3 Å². The summed E-state index contributed by atoms with van der Waals surface area (Å²) in [6.07, 6.45) is 2.38. The topological polar surface area (TPSA) is 88.2 Å². The maximum absolute atomic E-state index is 12.4. The van der Waals surface area contributed by atoms with Crippen molar-refractivity contribution in [3.63, 3.8) is 0 Å². The molecule has 0 aromatic carbocycles. The second-order valence-electron chi connectivity index (χ2n) is 8.96. The molecule has 8 nitrogen and oxygen atoms in total. The Labute approximate surface area is 167 Å². The van der Waals surface area contributed by atoms with Crippen molar-refractivity contribution in [1.29, 1.82) is 0 Å². The van der Waals surface area contributed by atoms with Gasteiger partial charge in [-0.2, -0.15) is 0 Å². The first-order chi connectivity index (χ1) is 13.1. The lowest BCUT2D eigenvalue weighted by Crippen LogP contribution is -2.43. The van der Waals surface area contributed by atoms with E-state index in [2.05, 4.69) is 12.2 Å². The number of hydrogen-bond donors (Lipinski definition) is 1. The summed E-state index contributed by atoms with van der Waals surface area (Å²) in [4.78, 5) is 39.5. The molecule has 2 atom stereocenters. The van der Waals surface area contributed by atoms with E-state index >= 15 is 0 Å². The predicted octanol–water partition coefficient (Wildman–Crippen LogP) is 2.62. The molecular weight excluding hydrogens is 362 g/mol. The third kappa shape index (κ3) is 6.56. The summed E-state index contributed by atoms with van der Waals surface area (Å²) in [6, 6.07) is -0.00665. The van der Waals surface area contributed by atoms with E-state index < -0.39 is 5.60 Å². The molecule has 0 aromatic rings. The Morgan fingerprint density at radius 3 is 2.21 bits per heavy atom. The molecule has 8 heteroatoms. The molecular formula is C20H35N3O5. The van der Waals surface area contributed by atoms with Crippen LogP contribution in [0.25, 0.3) is 0 Å². The lowest BCUT2D eigenvalue weighted by Gasteiger charge is -2.35. The predicted molar refractivity (Wildman–Crippen MR) is 105 cm³/mol. The van der Waals surface area contributed by atoms with E-state index in [9.17, 15) is 14.4 Å². The fourth-order valence-electron chi connectivity index (χ4n) is 3.90. The third-order valence-electron chi connectivity index (χ3n) is 5.49. The van der Waals surface area contributed by atoms with Crippen molar-refractivity contribution in [3.8, 4) is 0 Å². The average Bonchev–Trinajstić information content (AvgIpc) is 3.08. The van der Waals surface area contributed by atoms with Crippen molar-refractivity contribution in [2.24, 2.45) is 11.8 Å². The van der Waals surface area contributed by atoms with Gasteiger partial charge in [0.05, 0.1) is 7.11 Å². The zero-order chi connectivity index (χ0) is 20.9. The van der Waals surface area contributed by atoms with Crippen molar-refractivity contribution < 1.29 is 23.9 Å². The fraction of sp³-hybridized carbons (Fsp3) is 0.850. The second kappa shape index (κ2) is 9.47. The quantitative estimate of drug-likeness (QED) is 0.788. The van der Waals surface area contributed by atoms with Gasteiger partial charge in [-0.05, 0) is 51.9 Å². The molecule has 2 fully saturated rings. The molecule has 160 valence electrons. The molecule has 0 saturated carbocycles. The summed E-state index contributed by atoms with van der Waals surface area (Å²) in [5.74, 6) is 0.692. The van der Waals surface area contributed by atoms with Gasteiger partial charge in [0.15, 0.2) is 0 Å². The molecule has 0 radical (unpaired) electrons. The number of carbonyl (C=O) groups excluding carboxylic acids is 3. The van der Waals surface area contributed by atoms with E-state index in [1.54, 1.807) is 9.80 Å². The highest BCUT2D eigenvalue weighted by Crippen LogP contribution is 2.28. The lowest BCUT2D eigenvalue weighted by atomic mass is 9.83. The largest absolute Gasteiger partial charge is 0.453 e. The van der Waals surface area contributed by atoms with Gasteiger partial charge in [-0.1, -0.05) is 6.92 Å². The summed E-state index contributed by atoms with van der Waals surface area (Å²) in [6.45, 7) is 10.2. The van der Waals surface area contributed by atoms with Gasteiger partial charge in [-0.25, -0.2) is 9.59 Å². The van der Waals surface area contributed by atoms with Crippen LogP contribution in [0.15, 0.2) is 0 Å². The van der Waals surface area contributed by atoms with E-state index in [4.69, 9.17) is 9.47 Å². The van der Waals surface area contributed by atoms with E-state index in [0.29, 0.717) is 38.5 Å². The fourth-order valence-corrected chi connectivity index (χ4v) is 3.90. The van der Waals surface area contributed by atoms with Crippen molar-refractivity contribution >= 4 is 18.1 Å². The smallest absolute Gasteiger partial charge is 0.410 e. The summed E-state index contributed by atoms with van der Waals surface area (Å²) in [5, 5.41) is 3.04. The number of piperidine rings is 1. The molecule has 2 saturated heterocycles. The van der Waals surface area contributed by atoms with Crippen molar-refractivity contribution in [1.82, 2.24) is 15.1 Å². The van der Waals surface area contributed by atoms with E-state index in [1.807, 2.05) is 20.8 Å². The van der Waals surface area contributed by atoms with Gasteiger partial charge >= 0.3 is 12.2 Å². The van der Waals surface area contributed by atoms with Crippen molar-refractivity contribution in [2.45, 2.75) is 65.0 Å². The number of ether oxygens (including phenoxy) is 2. The first-order valence-corrected chi connectivity index (χ1v) is 10.2. The van der Waals surface area contributed by atoms with Crippen LogP contribution >= 0.6 is 0 Å². The Morgan fingerprint density at radius 1 is 1.04 bits per heavy atom. The minimum absolute atomic E-state index is 0.00665. The van der Waals surface area contributed by atoms with Gasteiger partial charge in [0.2, 0.25) is 5.91 Å². The summed E-state index contributed by atoms with van der Waals surface area (Å²) < 4.78 is 10.2. The number of carbonyl (C=O) groups is 3. The van der Waals surface area contributed by atoms with Crippen LogP contribution in [0.5, 0.6) is 0 Å². The maximum atomic E-state index is 12.4. The van der Waals surface area contributed by atoms with Gasteiger partial charge in [-0.15, -0.1) is 0 Å². The lowest BCUT2D eigenvalue weighted by molar-refractivity contribution is -0.123. The summed E-state index contributed by atoms with van der Waals surface area (Å²) in [5.41, 5.74) is -0.483. The highest BCUT2D eigenvalue weighted by Gasteiger charge is 2.31. The van der Waals surface area contributed by atoms with Gasteiger partial charge < -0.3 is 24.6 Å². The average molecular weight is 398 g/mol. The Balaban J connectivity index is 1.71. The van der Waals surface area contributed by atoms with Gasteiger partial charge in [0, 0.05) is 38.6 Å². The van der Waals surface area contributed by atoms with Crippen LogP contribution in [0.4, 0.5) is 9.59 Å². The Kier molecular flexibility index (Phi) is 7.55. The van der Waals surface area contributed by atoms with Gasteiger partial charge in [0.25, 0.3) is 0 Å². The number of hydrogen-bond acceptors (Lipinski definition) is 5. The van der Waals surface area contributed by atoms with Gasteiger partial charge in [0.1, 0.15) is 5.60 Å². The Morgan fingerprint density at radius 2 is 1.64 bits per heavy atom. The van der Waals surface area contributed by atoms with Gasteiger partial charge in [-0.3, -0.25) is 4.79 Å². The molecule has 0 spiro atoms. The molecule has 2 heterocycles. The first kappa shape index (κ1) is 22.3. The van der Waals surface area contributed by atoms with Crippen LogP contribution < -0.4 is 5.32 Å². The van der Waals surface area contributed by atoms with E-state index in [1.165, 1.54) is 7.11 Å². The van der Waals surface area contributed by atoms with Crippen LogP contribution in [-0.4, -0.2) is 72.8 Å². The monoisotopic (exact) mass is 397 g/mol. The minimum Gasteiger partial charge on any atom is -0.453 e. The molecule has 28 heavy (non-hydrogen) atoms. The molecule has 0 aliphatic carbocycles. The van der Waals surface area contributed by atoms with Crippen LogP contribution in [0, 0.1) is 11.8 Å². The Bertz CT molecular complexity index is 567.